The van der Waals surface area contributed by atoms with E-state index >= 15 is 0 Å². The van der Waals surface area contributed by atoms with E-state index in [1.165, 1.54) is 29.7 Å². The topological polar surface area (TPSA) is 75.4 Å². The molecular formula is C18H16FN3O3S. The first-order valence-electron chi connectivity index (χ1n) is 7.79. The van der Waals surface area contributed by atoms with Gasteiger partial charge in [-0.15, -0.1) is 11.3 Å². The van der Waals surface area contributed by atoms with Gasteiger partial charge < -0.3 is 9.32 Å². The van der Waals surface area contributed by atoms with Gasteiger partial charge in [0.1, 0.15) is 5.82 Å². The largest absolute Gasteiger partial charge is 0.459 e. The normalized spacial score (nSPS) is 10.5. The van der Waals surface area contributed by atoms with E-state index in [-0.39, 0.29) is 23.9 Å². The Morgan fingerprint density at radius 3 is 2.73 bits per heavy atom. The van der Waals surface area contributed by atoms with Gasteiger partial charge in [-0.05, 0) is 29.8 Å². The summed E-state index contributed by atoms with van der Waals surface area (Å²) in [5.74, 6) is -0.634. The number of halogens is 1. The molecular weight excluding hydrogens is 357 g/mol. The molecule has 0 fully saturated rings. The van der Waals surface area contributed by atoms with Gasteiger partial charge in [0.05, 0.1) is 18.4 Å². The molecule has 8 heteroatoms. The first kappa shape index (κ1) is 17.8. The third kappa shape index (κ3) is 4.54. The van der Waals surface area contributed by atoms with E-state index in [0.29, 0.717) is 17.4 Å². The highest BCUT2D eigenvalue weighted by Gasteiger charge is 2.15. The molecule has 0 spiro atoms. The van der Waals surface area contributed by atoms with Gasteiger partial charge in [-0.2, -0.15) is 0 Å². The number of hydrogen-bond acceptors (Lipinski definition) is 5. The van der Waals surface area contributed by atoms with Crippen LogP contribution in [0.3, 0.4) is 0 Å². The highest BCUT2D eigenvalue weighted by Crippen LogP contribution is 2.18. The van der Waals surface area contributed by atoms with Gasteiger partial charge in [-0.1, -0.05) is 12.1 Å². The molecule has 0 atom stereocenters. The predicted molar refractivity (Wildman–Crippen MR) is 95.4 cm³/mol. The minimum atomic E-state index is -0.393. The maximum absolute atomic E-state index is 12.9. The van der Waals surface area contributed by atoms with E-state index in [1.54, 1.807) is 41.6 Å². The molecule has 0 unspecified atom stereocenters. The number of nitrogens with one attached hydrogen (secondary N) is 1. The van der Waals surface area contributed by atoms with Crippen LogP contribution in [0.2, 0.25) is 0 Å². The minimum absolute atomic E-state index is 0.116. The zero-order valence-corrected chi connectivity index (χ0v) is 14.8. The van der Waals surface area contributed by atoms with Crippen LogP contribution in [-0.2, 0) is 17.8 Å². The molecule has 2 heterocycles. The van der Waals surface area contributed by atoms with Crippen LogP contribution >= 0.6 is 11.3 Å². The van der Waals surface area contributed by atoms with E-state index in [1.807, 2.05) is 0 Å². The Kier molecular flexibility index (Phi) is 5.43. The number of carbonyl (C=O) groups excluding carboxylic acids is 2. The Balaban J connectivity index is 1.55. The fourth-order valence-electron chi connectivity index (χ4n) is 2.25. The Hall–Kier alpha value is -3.00. The quantitative estimate of drug-likeness (QED) is 0.719. The summed E-state index contributed by atoms with van der Waals surface area (Å²) in [6.07, 6.45) is 1.53. The average molecular weight is 373 g/mol. The molecule has 0 aliphatic heterocycles. The summed E-state index contributed by atoms with van der Waals surface area (Å²) >= 11 is 1.24. The van der Waals surface area contributed by atoms with Crippen molar-refractivity contribution in [1.82, 2.24) is 9.88 Å². The molecule has 134 valence electrons. The van der Waals surface area contributed by atoms with E-state index < -0.39 is 5.91 Å². The summed E-state index contributed by atoms with van der Waals surface area (Å²) in [6.45, 7) is 0.380. The number of aromatic nitrogens is 1. The second kappa shape index (κ2) is 7.92. The fraction of sp³-hybridized carbons (Fsp3) is 0.167. The molecule has 3 aromatic rings. The highest BCUT2D eigenvalue weighted by atomic mass is 32.1. The van der Waals surface area contributed by atoms with Gasteiger partial charge in [-0.25, -0.2) is 9.37 Å². The maximum atomic E-state index is 12.9. The number of carbonyl (C=O) groups is 2. The number of benzene rings is 1. The molecule has 26 heavy (non-hydrogen) atoms. The SMILES string of the molecule is CN(Cc1ccc(F)cc1)C(=O)Cc1csc(NC(=O)c2ccco2)n1. The molecule has 6 nitrogen and oxygen atoms in total. The molecule has 0 saturated heterocycles. The first-order valence-corrected chi connectivity index (χ1v) is 8.67. The Morgan fingerprint density at radius 1 is 1.27 bits per heavy atom. The van der Waals surface area contributed by atoms with E-state index in [2.05, 4.69) is 10.3 Å². The average Bonchev–Trinajstić information content (AvgIpc) is 3.29. The molecule has 2 amide bonds. The number of anilines is 1. The van der Waals surface area contributed by atoms with Crippen LogP contribution in [0.25, 0.3) is 0 Å². The molecule has 2 aromatic heterocycles. The second-order valence-corrected chi connectivity index (χ2v) is 6.49. The number of furan rings is 1. The minimum Gasteiger partial charge on any atom is -0.459 e. The zero-order valence-electron chi connectivity index (χ0n) is 13.9. The van der Waals surface area contributed by atoms with Crippen molar-refractivity contribution in [3.8, 4) is 0 Å². The summed E-state index contributed by atoms with van der Waals surface area (Å²) in [5, 5.41) is 4.75. The summed E-state index contributed by atoms with van der Waals surface area (Å²) in [4.78, 5) is 30.0. The van der Waals surface area contributed by atoms with E-state index in [4.69, 9.17) is 4.42 Å². The van der Waals surface area contributed by atoms with Crippen LogP contribution < -0.4 is 5.32 Å². The molecule has 0 bridgehead atoms. The van der Waals surface area contributed by atoms with Crippen LogP contribution in [0.1, 0.15) is 21.8 Å². The number of amides is 2. The monoisotopic (exact) mass is 373 g/mol. The number of hydrogen-bond donors (Lipinski definition) is 1. The number of rotatable bonds is 6. The Morgan fingerprint density at radius 2 is 2.04 bits per heavy atom. The van der Waals surface area contributed by atoms with Gasteiger partial charge in [0, 0.05) is 19.0 Å². The van der Waals surface area contributed by atoms with Crippen LogP contribution in [0.15, 0.2) is 52.5 Å². The van der Waals surface area contributed by atoms with E-state index in [9.17, 15) is 14.0 Å². The van der Waals surface area contributed by atoms with Crippen molar-refractivity contribution in [2.24, 2.45) is 0 Å². The Bertz CT molecular complexity index is 891. The molecule has 1 N–H and O–H groups in total. The van der Waals surface area contributed by atoms with Crippen LogP contribution in [0, 0.1) is 5.82 Å². The van der Waals surface area contributed by atoms with Gasteiger partial charge in [0.2, 0.25) is 5.91 Å². The fourth-order valence-corrected chi connectivity index (χ4v) is 2.96. The predicted octanol–water partition coefficient (Wildman–Crippen LogP) is 3.33. The lowest BCUT2D eigenvalue weighted by molar-refractivity contribution is -0.129. The lowest BCUT2D eigenvalue weighted by atomic mass is 10.2. The molecule has 0 aliphatic rings. The van der Waals surface area contributed by atoms with Crippen molar-refractivity contribution in [2.75, 3.05) is 12.4 Å². The summed E-state index contributed by atoms with van der Waals surface area (Å²) in [5.41, 5.74) is 1.41. The van der Waals surface area contributed by atoms with Gasteiger partial charge >= 0.3 is 0 Å². The van der Waals surface area contributed by atoms with Crippen molar-refractivity contribution in [3.63, 3.8) is 0 Å². The number of nitrogens with zero attached hydrogens (tertiary/aromatic N) is 2. The molecule has 0 saturated carbocycles. The summed E-state index contributed by atoms with van der Waals surface area (Å²) in [6, 6.07) is 9.19. The highest BCUT2D eigenvalue weighted by molar-refractivity contribution is 7.14. The van der Waals surface area contributed by atoms with Crippen LogP contribution in [0.4, 0.5) is 9.52 Å². The molecule has 0 radical (unpaired) electrons. The van der Waals surface area contributed by atoms with Crippen molar-refractivity contribution in [2.45, 2.75) is 13.0 Å². The first-order chi connectivity index (χ1) is 12.5. The third-order valence-electron chi connectivity index (χ3n) is 3.61. The van der Waals surface area contributed by atoms with Crippen LogP contribution in [0.5, 0.6) is 0 Å². The lowest BCUT2D eigenvalue weighted by Crippen LogP contribution is -2.27. The molecule has 3 rings (SSSR count). The van der Waals surface area contributed by atoms with Crippen molar-refractivity contribution in [1.29, 1.82) is 0 Å². The maximum Gasteiger partial charge on any atom is 0.293 e. The van der Waals surface area contributed by atoms with Crippen molar-refractivity contribution < 1.29 is 18.4 Å². The Labute approximate surface area is 153 Å². The van der Waals surface area contributed by atoms with Crippen molar-refractivity contribution in [3.05, 3.63) is 70.9 Å². The smallest absolute Gasteiger partial charge is 0.293 e. The van der Waals surface area contributed by atoms with Crippen molar-refractivity contribution >= 4 is 28.3 Å². The number of likely N-dealkylation sites (N-methyl/N-ethyl adjacent to an activating group) is 1. The van der Waals surface area contributed by atoms with E-state index in [0.717, 1.165) is 5.56 Å². The van der Waals surface area contributed by atoms with Gasteiger partial charge in [-0.3, -0.25) is 14.9 Å². The second-order valence-electron chi connectivity index (χ2n) is 5.63. The molecule has 0 aliphatic carbocycles. The zero-order chi connectivity index (χ0) is 18.5. The third-order valence-corrected chi connectivity index (χ3v) is 4.41. The van der Waals surface area contributed by atoms with Crippen LogP contribution in [-0.4, -0.2) is 28.7 Å². The standard InChI is InChI=1S/C18H16FN3O3S/c1-22(10-12-4-6-13(19)7-5-12)16(23)9-14-11-26-18(20-14)21-17(24)15-3-2-8-25-15/h2-8,11H,9-10H2,1H3,(H,20,21,24). The van der Waals surface area contributed by atoms with Gasteiger partial charge in [0.15, 0.2) is 10.9 Å². The number of thiazole rings is 1. The molecule has 1 aromatic carbocycles. The lowest BCUT2D eigenvalue weighted by Gasteiger charge is -2.16. The summed E-state index contributed by atoms with van der Waals surface area (Å²) < 4.78 is 17.9. The van der Waals surface area contributed by atoms with Gasteiger partial charge in [0.25, 0.3) is 5.91 Å². The summed E-state index contributed by atoms with van der Waals surface area (Å²) in [7, 11) is 1.68.